The average Bonchev–Trinajstić information content (AvgIpc) is 2.51. The first-order chi connectivity index (χ1) is 11.5. The smallest absolute Gasteiger partial charge is 0.314 e. The van der Waals surface area contributed by atoms with E-state index in [4.69, 9.17) is 0 Å². The molecule has 1 fully saturated rings. The second-order valence-electron chi connectivity index (χ2n) is 6.77. The molecule has 1 N–H and O–H groups in total. The normalized spacial score (nSPS) is 17.9. The highest BCUT2D eigenvalue weighted by molar-refractivity contribution is 5.85. The summed E-state index contributed by atoms with van der Waals surface area (Å²) in [6.45, 7) is 6.34. The predicted molar refractivity (Wildman–Crippen MR) is 90.3 cm³/mol. The lowest BCUT2D eigenvalue weighted by atomic mass is 9.92. The Kier molecular flexibility index (Phi) is 7.80. The molecule has 0 radical (unpaired) electrons. The summed E-state index contributed by atoms with van der Waals surface area (Å²) in [4.78, 5) is 1.96. The molecule has 9 heteroatoms. The molecule has 1 aliphatic heterocycles. The molecule has 0 unspecified atom stereocenters. The zero-order valence-corrected chi connectivity index (χ0v) is 15.4. The summed E-state index contributed by atoms with van der Waals surface area (Å²) in [7, 11) is 0. The standard InChI is InChI=1S/C17H22F6N2.ClH/c1-11(2)7-15(25-5-3-24-4-6-25)12-8-13(16(18,19)20)10-14(9-12)17(21,22)23;/h8-11,15,24H,3-7H2,1-2H3;1H/t15-;/m1./s1. The Hall–Kier alpha value is -0.990. The third-order valence-electron chi connectivity index (χ3n) is 4.28. The van der Waals surface area contributed by atoms with Gasteiger partial charge in [-0.05, 0) is 36.1 Å². The maximum atomic E-state index is 13.1. The lowest BCUT2D eigenvalue weighted by molar-refractivity contribution is -0.143. The number of hydrogen-bond donors (Lipinski definition) is 1. The lowest BCUT2D eigenvalue weighted by Gasteiger charge is -2.36. The molecule has 0 amide bonds. The highest BCUT2D eigenvalue weighted by atomic mass is 35.5. The molecule has 1 atom stereocenters. The van der Waals surface area contributed by atoms with Crippen molar-refractivity contribution < 1.29 is 26.3 Å². The second-order valence-corrected chi connectivity index (χ2v) is 6.77. The van der Waals surface area contributed by atoms with Crippen LogP contribution in [0.5, 0.6) is 0 Å². The van der Waals surface area contributed by atoms with Crippen LogP contribution in [0, 0.1) is 5.92 Å². The van der Waals surface area contributed by atoms with Crippen LogP contribution in [0.3, 0.4) is 0 Å². The van der Waals surface area contributed by atoms with Crippen LogP contribution in [-0.4, -0.2) is 31.1 Å². The molecule has 0 aliphatic carbocycles. The quantitative estimate of drug-likeness (QED) is 0.699. The van der Waals surface area contributed by atoms with Crippen LogP contribution < -0.4 is 5.32 Å². The molecule has 0 aromatic heterocycles. The Labute approximate surface area is 155 Å². The zero-order chi connectivity index (χ0) is 18.8. The Bertz CT molecular complexity index is 547. The molecular weight excluding hydrogens is 382 g/mol. The second kappa shape index (κ2) is 8.80. The van der Waals surface area contributed by atoms with E-state index in [-0.39, 0.29) is 30.0 Å². The molecule has 150 valence electrons. The van der Waals surface area contributed by atoms with Gasteiger partial charge in [0.2, 0.25) is 0 Å². The van der Waals surface area contributed by atoms with Crippen LogP contribution in [0.1, 0.15) is 43.0 Å². The highest BCUT2D eigenvalue weighted by Gasteiger charge is 2.38. The SMILES string of the molecule is CC(C)C[C@H](c1cc(C(F)(F)F)cc(C(F)(F)F)c1)N1CCNCC1.Cl. The number of rotatable bonds is 4. The lowest BCUT2D eigenvalue weighted by Crippen LogP contribution is -2.45. The molecule has 0 saturated carbocycles. The Morgan fingerprint density at radius 2 is 1.38 bits per heavy atom. The first-order valence-electron chi connectivity index (χ1n) is 8.22. The molecule has 1 aromatic rings. The predicted octanol–water partition coefficient (Wildman–Crippen LogP) is 5.14. The summed E-state index contributed by atoms with van der Waals surface area (Å²) < 4.78 is 78.7. The number of alkyl halides is 6. The van der Waals surface area contributed by atoms with Crippen molar-refractivity contribution in [1.29, 1.82) is 0 Å². The summed E-state index contributed by atoms with van der Waals surface area (Å²) in [5, 5.41) is 3.14. The third-order valence-corrected chi connectivity index (χ3v) is 4.28. The van der Waals surface area contributed by atoms with Gasteiger partial charge in [-0.2, -0.15) is 26.3 Å². The van der Waals surface area contributed by atoms with Crippen LogP contribution in [0.2, 0.25) is 0 Å². The Morgan fingerprint density at radius 3 is 1.77 bits per heavy atom. The van der Waals surface area contributed by atoms with Crippen LogP contribution in [0.25, 0.3) is 0 Å². The molecule has 2 rings (SSSR count). The van der Waals surface area contributed by atoms with E-state index < -0.39 is 29.5 Å². The van der Waals surface area contributed by atoms with Gasteiger partial charge in [0, 0.05) is 32.2 Å². The van der Waals surface area contributed by atoms with E-state index in [0.29, 0.717) is 32.6 Å². The van der Waals surface area contributed by atoms with Crippen molar-refractivity contribution >= 4 is 12.4 Å². The molecule has 1 aromatic carbocycles. The minimum absolute atomic E-state index is 0. The van der Waals surface area contributed by atoms with Gasteiger partial charge in [0.25, 0.3) is 0 Å². The average molecular weight is 405 g/mol. The number of hydrogen-bond acceptors (Lipinski definition) is 2. The van der Waals surface area contributed by atoms with E-state index in [1.807, 2.05) is 18.7 Å². The van der Waals surface area contributed by atoms with Crippen LogP contribution in [0.15, 0.2) is 18.2 Å². The van der Waals surface area contributed by atoms with Gasteiger partial charge in [-0.3, -0.25) is 4.90 Å². The van der Waals surface area contributed by atoms with Crippen molar-refractivity contribution in [2.24, 2.45) is 5.92 Å². The van der Waals surface area contributed by atoms with Gasteiger partial charge in [-0.15, -0.1) is 12.4 Å². The van der Waals surface area contributed by atoms with Gasteiger partial charge in [0.05, 0.1) is 11.1 Å². The van der Waals surface area contributed by atoms with E-state index >= 15 is 0 Å². The largest absolute Gasteiger partial charge is 0.416 e. The topological polar surface area (TPSA) is 15.3 Å². The molecule has 0 bridgehead atoms. The molecule has 2 nitrogen and oxygen atoms in total. The summed E-state index contributed by atoms with van der Waals surface area (Å²) in [5.41, 5.74) is -2.42. The first kappa shape index (κ1) is 23.0. The van der Waals surface area contributed by atoms with Gasteiger partial charge < -0.3 is 5.32 Å². The molecule has 1 heterocycles. The van der Waals surface area contributed by atoms with Crippen LogP contribution in [-0.2, 0) is 12.4 Å². The number of benzene rings is 1. The molecule has 1 aliphatic rings. The monoisotopic (exact) mass is 404 g/mol. The van der Waals surface area contributed by atoms with E-state index in [9.17, 15) is 26.3 Å². The zero-order valence-electron chi connectivity index (χ0n) is 14.5. The van der Waals surface area contributed by atoms with E-state index in [1.165, 1.54) is 0 Å². The van der Waals surface area contributed by atoms with E-state index in [0.717, 1.165) is 12.1 Å². The molecule has 26 heavy (non-hydrogen) atoms. The van der Waals surface area contributed by atoms with Crippen molar-refractivity contribution in [3.05, 3.63) is 34.9 Å². The van der Waals surface area contributed by atoms with Crippen molar-refractivity contribution in [3.63, 3.8) is 0 Å². The molecule has 1 saturated heterocycles. The Balaban J connectivity index is 0.00000338. The molecular formula is C17H23ClF6N2. The van der Waals surface area contributed by atoms with E-state index in [1.54, 1.807) is 0 Å². The fourth-order valence-electron chi connectivity index (χ4n) is 3.11. The van der Waals surface area contributed by atoms with Crippen LogP contribution >= 0.6 is 12.4 Å². The summed E-state index contributed by atoms with van der Waals surface area (Å²) >= 11 is 0. The highest BCUT2D eigenvalue weighted by Crippen LogP contribution is 2.39. The maximum Gasteiger partial charge on any atom is 0.416 e. The number of halogens is 7. The number of nitrogens with one attached hydrogen (secondary N) is 1. The van der Waals surface area contributed by atoms with Crippen molar-refractivity contribution in [3.8, 4) is 0 Å². The van der Waals surface area contributed by atoms with Gasteiger partial charge in [0.1, 0.15) is 0 Å². The molecule has 0 spiro atoms. The van der Waals surface area contributed by atoms with Crippen molar-refractivity contribution in [1.82, 2.24) is 10.2 Å². The van der Waals surface area contributed by atoms with Crippen LogP contribution in [0.4, 0.5) is 26.3 Å². The van der Waals surface area contributed by atoms with E-state index in [2.05, 4.69) is 5.32 Å². The number of nitrogens with zero attached hydrogens (tertiary/aromatic N) is 1. The maximum absolute atomic E-state index is 13.1. The van der Waals surface area contributed by atoms with Gasteiger partial charge >= 0.3 is 12.4 Å². The van der Waals surface area contributed by atoms with Crippen molar-refractivity contribution in [2.75, 3.05) is 26.2 Å². The summed E-state index contributed by atoms with van der Waals surface area (Å²) in [6, 6.07) is 1.45. The minimum Gasteiger partial charge on any atom is -0.314 e. The third kappa shape index (κ3) is 6.03. The summed E-state index contributed by atoms with van der Waals surface area (Å²) in [6.07, 6.45) is -9.14. The Morgan fingerprint density at radius 1 is 0.923 bits per heavy atom. The van der Waals surface area contributed by atoms with Gasteiger partial charge in [-0.25, -0.2) is 0 Å². The first-order valence-corrected chi connectivity index (χ1v) is 8.22. The fraction of sp³-hybridized carbons (Fsp3) is 0.647. The van der Waals surface area contributed by atoms with Gasteiger partial charge in [-0.1, -0.05) is 13.8 Å². The fourth-order valence-corrected chi connectivity index (χ4v) is 3.11. The number of piperazine rings is 1. The summed E-state index contributed by atoms with van der Waals surface area (Å²) in [5.74, 6) is 0.142. The van der Waals surface area contributed by atoms with Gasteiger partial charge in [0.15, 0.2) is 0 Å². The minimum atomic E-state index is -4.82. The van der Waals surface area contributed by atoms with Crippen molar-refractivity contribution in [2.45, 2.75) is 38.7 Å².